The fourth-order valence-corrected chi connectivity index (χ4v) is 1.91. The molecule has 0 aromatic heterocycles. The Bertz CT molecular complexity index is 657. The van der Waals surface area contributed by atoms with E-state index < -0.39 is 17.3 Å². The van der Waals surface area contributed by atoms with Gasteiger partial charge in [0.15, 0.2) is 0 Å². The number of nitrogen functional groups attached to an aromatic ring is 1. The zero-order valence-corrected chi connectivity index (χ0v) is 11.1. The van der Waals surface area contributed by atoms with Crippen LogP contribution in [0.25, 0.3) is 0 Å². The number of carboxylic acid groups (broad SMARTS) is 1. The van der Waals surface area contributed by atoms with Crippen LogP contribution in [0.4, 0.5) is 15.8 Å². The number of nitrogens with one attached hydrogen (secondary N) is 1. The second-order valence-electron chi connectivity index (χ2n) is 4.57. The van der Waals surface area contributed by atoms with Crippen LogP contribution in [0.5, 0.6) is 5.75 Å². The minimum Gasteiger partial charge on any atom is -0.508 e. The number of carboxylic acids is 1. The summed E-state index contributed by atoms with van der Waals surface area (Å²) >= 11 is 0. The average molecular weight is 290 g/mol. The highest BCUT2D eigenvalue weighted by molar-refractivity contribution is 5.90. The second kappa shape index (κ2) is 6.13. The number of phenols is 1. The number of nitrogens with two attached hydrogens (primary N) is 1. The summed E-state index contributed by atoms with van der Waals surface area (Å²) in [4.78, 5) is 10.8. The molecule has 5 N–H and O–H groups in total. The summed E-state index contributed by atoms with van der Waals surface area (Å²) in [6.45, 7) is 0.501. The molecule has 0 aliphatic rings. The quantitative estimate of drug-likeness (QED) is 0.634. The molecule has 0 aliphatic heterocycles. The van der Waals surface area contributed by atoms with Gasteiger partial charge < -0.3 is 21.3 Å². The van der Waals surface area contributed by atoms with Crippen LogP contribution in [0.3, 0.4) is 0 Å². The Labute approximate surface area is 120 Å². The number of anilines is 2. The third-order valence-corrected chi connectivity index (χ3v) is 3.04. The Kier molecular flexibility index (Phi) is 4.27. The Morgan fingerprint density at radius 1 is 1.24 bits per heavy atom. The van der Waals surface area contributed by atoms with Crippen LogP contribution >= 0.6 is 0 Å². The normalized spacial score (nSPS) is 10.3. The fraction of sp³-hybridized carbons (Fsp3) is 0.133. The van der Waals surface area contributed by atoms with Crippen molar-refractivity contribution in [1.82, 2.24) is 0 Å². The predicted octanol–water partition coefficient (Wildman–Crippen LogP) is 2.47. The number of phenolic OH excluding ortho intramolecular Hbond substituents is 1. The molecule has 6 heteroatoms. The Morgan fingerprint density at radius 2 is 1.90 bits per heavy atom. The third-order valence-electron chi connectivity index (χ3n) is 3.04. The lowest BCUT2D eigenvalue weighted by molar-refractivity contribution is 0.0692. The molecule has 0 spiro atoms. The van der Waals surface area contributed by atoms with Gasteiger partial charge in [-0.3, -0.25) is 0 Å². The number of aromatic hydroxyl groups is 1. The zero-order chi connectivity index (χ0) is 15.4. The monoisotopic (exact) mass is 290 g/mol. The molecule has 0 atom stereocenters. The van der Waals surface area contributed by atoms with E-state index in [-0.39, 0.29) is 11.4 Å². The van der Waals surface area contributed by atoms with Crippen LogP contribution in [0.2, 0.25) is 0 Å². The molecule has 2 aromatic carbocycles. The lowest BCUT2D eigenvalue weighted by Crippen LogP contribution is -2.09. The summed E-state index contributed by atoms with van der Waals surface area (Å²) in [6.07, 6.45) is 0.655. The first kappa shape index (κ1) is 14.6. The van der Waals surface area contributed by atoms with Gasteiger partial charge in [0.05, 0.1) is 16.9 Å². The standard InChI is InChI=1S/C15H15FN2O3/c16-12-8-14(13(17)7-11(12)15(20)21)18-6-5-9-1-3-10(19)4-2-9/h1-4,7-8,18-19H,5-6,17H2,(H,20,21). The van der Waals surface area contributed by atoms with Crippen molar-refractivity contribution in [1.29, 1.82) is 0 Å². The molecular weight excluding hydrogens is 275 g/mol. The first-order valence-corrected chi connectivity index (χ1v) is 6.31. The van der Waals surface area contributed by atoms with Gasteiger partial charge in [-0.2, -0.15) is 0 Å². The molecule has 0 amide bonds. The van der Waals surface area contributed by atoms with Gasteiger partial charge in [-0.15, -0.1) is 0 Å². The molecule has 5 nitrogen and oxygen atoms in total. The summed E-state index contributed by atoms with van der Waals surface area (Å²) in [5.74, 6) is -1.99. The van der Waals surface area contributed by atoms with Crippen molar-refractivity contribution in [3.8, 4) is 5.75 Å². The van der Waals surface area contributed by atoms with Crippen molar-refractivity contribution < 1.29 is 19.4 Å². The average Bonchev–Trinajstić information content (AvgIpc) is 2.44. The van der Waals surface area contributed by atoms with Crippen LogP contribution in [0.1, 0.15) is 15.9 Å². The van der Waals surface area contributed by atoms with E-state index in [9.17, 15) is 14.3 Å². The zero-order valence-electron chi connectivity index (χ0n) is 11.1. The van der Waals surface area contributed by atoms with Crippen molar-refractivity contribution in [3.05, 3.63) is 53.3 Å². The first-order chi connectivity index (χ1) is 9.97. The predicted molar refractivity (Wildman–Crippen MR) is 78.1 cm³/mol. The van der Waals surface area contributed by atoms with Crippen LogP contribution in [-0.2, 0) is 6.42 Å². The summed E-state index contributed by atoms with van der Waals surface area (Å²) in [5.41, 5.74) is 6.79. The SMILES string of the molecule is Nc1cc(C(=O)O)c(F)cc1NCCc1ccc(O)cc1. The van der Waals surface area contributed by atoms with Gasteiger partial charge in [0, 0.05) is 6.54 Å². The van der Waals surface area contributed by atoms with E-state index in [1.54, 1.807) is 24.3 Å². The second-order valence-corrected chi connectivity index (χ2v) is 4.57. The topological polar surface area (TPSA) is 95.6 Å². The van der Waals surface area contributed by atoms with E-state index >= 15 is 0 Å². The van der Waals surface area contributed by atoms with E-state index in [4.69, 9.17) is 10.8 Å². The van der Waals surface area contributed by atoms with Gasteiger partial charge in [-0.1, -0.05) is 12.1 Å². The lowest BCUT2D eigenvalue weighted by atomic mass is 10.1. The van der Waals surface area contributed by atoms with Crippen molar-refractivity contribution >= 4 is 17.3 Å². The van der Waals surface area contributed by atoms with Crippen LogP contribution in [0, 0.1) is 5.82 Å². The van der Waals surface area contributed by atoms with Crippen molar-refractivity contribution in [2.24, 2.45) is 0 Å². The summed E-state index contributed by atoms with van der Waals surface area (Å²) in [7, 11) is 0. The summed E-state index contributed by atoms with van der Waals surface area (Å²) < 4.78 is 13.6. The van der Waals surface area contributed by atoms with Gasteiger partial charge in [0.2, 0.25) is 0 Å². The molecule has 0 heterocycles. The number of benzene rings is 2. The number of halogens is 1. The largest absolute Gasteiger partial charge is 0.508 e. The maximum absolute atomic E-state index is 13.6. The van der Waals surface area contributed by atoms with Crippen LogP contribution in [0.15, 0.2) is 36.4 Å². The molecule has 21 heavy (non-hydrogen) atoms. The van der Waals surface area contributed by atoms with E-state index in [1.807, 2.05) is 0 Å². The smallest absolute Gasteiger partial charge is 0.338 e. The summed E-state index contributed by atoms with van der Waals surface area (Å²) in [5, 5.41) is 20.9. The van der Waals surface area contributed by atoms with E-state index in [0.29, 0.717) is 18.7 Å². The maximum atomic E-state index is 13.6. The molecule has 2 rings (SSSR count). The minimum absolute atomic E-state index is 0.180. The fourth-order valence-electron chi connectivity index (χ4n) is 1.91. The molecule has 2 aromatic rings. The molecule has 0 unspecified atom stereocenters. The van der Waals surface area contributed by atoms with Gasteiger partial charge in [0.1, 0.15) is 11.6 Å². The van der Waals surface area contributed by atoms with E-state index in [2.05, 4.69) is 5.32 Å². The van der Waals surface area contributed by atoms with Gasteiger partial charge in [-0.25, -0.2) is 9.18 Å². The van der Waals surface area contributed by atoms with Crippen LogP contribution < -0.4 is 11.1 Å². The van der Waals surface area contributed by atoms with Crippen molar-refractivity contribution in [2.75, 3.05) is 17.6 Å². The molecule has 0 aliphatic carbocycles. The molecule has 0 bridgehead atoms. The molecule has 0 saturated carbocycles. The molecule has 0 fully saturated rings. The number of carbonyl (C=O) groups is 1. The highest BCUT2D eigenvalue weighted by atomic mass is 19.1. The highest BCUT2D eigenvalue weighted by Crippen LogP contribution is 2.23. The molecule has 110 valence electrons. The highest BCUT2D eigenvalue weighted by Gasteiger charge is 2.13. The number of aromatic carboxylic acids is 1. The number of hydrogen-bond donors (Lipinski definition) is 4. The Hall–Kier alpha value is -2.76. The van der Waals surface area contributed by atoms with E-state index in [0.717, 1.165) is 17.7 Å². The van der Waals surface area contributed by atoms with E-state index in [1.165, 1.54) is 0 Å². The number of rotatable bonds is 5. The maximum Gasteiger partial charge on any atom is 0.338 e. The summed E-state index contributed by atoms with van der Waals surface area (Å²) in [6, 6.07) is 8.93. The van der Waals surface area contributed by atoms with Crippen LogP contribution in [-0.4, -0.2) is 22.7 Å². The van der Waals surface area contributed by atoms with Gasteiger partial charge in [-0.05, 0) is 36.2 Å². The third kappa shape index (κ3) is 3.62. The Balaban J connectivity index is 2.02. The molecule has 0 radical (unpaired) electrons. The van der Waals surface area contributed by atoms with Gasteiger partial charge >= 0.3 is 5.97 Å². The van der Waals surface area contributed by atoms with Gasteiger partial charge in [0.25, 0.3) is 0 Å². The Morgan fingerprint density at radius 3 is 2.52 bits per heavy atom. The minimum atomic E-state index is -1.35. The molecule has 0 saturated heterocycles. The number of hydrogen-bond acceptors (Lipinski definition) is 4. The van der Waals surface area contributed by atoms with Crippen molar-refractivity contribution in [2.45, 2.75) is 6.42 Å². The van der Waals surface area contributed by atoms with Crippen molar-refractivity contribution in [3.63, 3.8) is 0 Å². The molecular formula is C15H15FN2O3. The first-order valence-electron chi connectivity index (χ1n) is 6.31. The lowest BCUT2D eigenvalue weighted by Gasteiger charge is -2.11.